The molecule has 1 aliphatic rings. The Labute approximate surface area is 113 Å². The second kappa shape index (κ2) is 4.81. The minimum Gasteiger partial charge on any atom is -0.368 e. The summed E-state index contributed by atoms with van der Waals surface area (Å²) in [6, 6.07) is 4.91. The Balaban J connectivity index is 2.05. The van der Waals surface area contributed by atoms with Gasteiger partial charge in [-0.05, 0) is 40.2 Å². The molecule has 2 aromatic rings. The molecule has 5 heteroatoms. The summed E-state index contributed by atoms with van der Waals surface area (Å²) in [7, 11) is 0. The molecule has 1 fully saturated rings. The van der Waals surface area contributed by atoms with Crippen LogP contribution in [0.5, 0.6) is 0 Å². The first kappa shape index (κ1) is 12.4. The van der Waals surface area contributed by atoms with Crippen LogP contribution in [0.3, 0.4) is 0 Å². The fourth-order valence-electron chi connectivity index (χ4n) is 2.62. The number of anilines is 1. The van der Waals surface area contributed by atoms with E-state index in [0.29, 0.717) is 12.1 Å². The summed E-state index contributed by atoms with van der Waals surface area (Å²) in [5, 5.41) is 11.6. The van der Waals surface area contributed by atoms with Crippen molar-refractivity contribution in [3.05, 3.63) is 23.5 Å². The number of nitrogens with one attached hydrogen (secondary N) is 2. The van der Waals surface area contributed by atoms with Crippen LogP contribution >= 0.6 is 0 Å². The maximum atomic E-state index is 4.72. The highest BCUT2D eigenvalue weighted by Crippen LogP contribution is 2.24. The van der Waals surface area contributed by atoms with Crippen molar-refractivity contribution in [1.82, 2.24) is 19.9 Å². The molecule has 0 bridgehead atoms. The number of aromatic nitrogens is 3. The molecule has 1 saturated heterocycles. The molecule has 102 valence electrons. The minimum atomic E-state index is 0.377. The van der Waals surface area contributed by atoms with Crippen molar-refractivity contribution < 1.29 is 0 Å². The average Bonchev–Trinajstić information content (AvgIpc) is 2.94. The number of nitrogens with zero attached hydrogens (tertiary/aromatic N) is 3. The molecule has 5 nitrogen and oxygen atoms in total. The predicted molar refractivity (Wildman–Crippen MR) is 76.5 cm³/mol. The molecule has 1 unspecified atom stereocenters. The third kappa shape index (κ3) is 2.42. The highest BCUT2D eigenvalue weighted by molar-refractivity contribution is 5.51. The van der Waals surface area contributed by atoms with E-state index < -0.39 is 0 Å². The van der Waals surface area contributed by atoms with Gasteiger partial charge in [0.1, 0.15) is 5.82 Å². The Morgan fingerprint density at radius 2 is 2.26 bits per heavy atom. The van der Waals surface area contributed by atoms with E-state index in [0.717, 1.165) is 35.8 Å². The molecule has 1 atom stereocenters. The quantitative estimate of drug-likeness (QED) is 0.888. The van der Waals surface area contributed by atoms with E-state index in [2.05, 4.69) is 35.5 Å². The summed E-state index contributed by atoms with van der Waals surface area (Å²) in [5.41, 5.74) is 3.04. The summed E-state index contributed by atoms with van der Waals surface area (Å²) in [5.74, 6) is 1.02. The summed E-state index contributed by atoms with van der Waals surface area (Å²) in [4.78, 5) is 4.57. The average molecular weight is 259 g/mol. The van der Waals surface area contributed by atoms with Gasteiger partial charge in [-0.15, -0.1) is 0 Å². The lowest BCUT2D eigenvalue weighted by molar-refractivity contribution is 0.620. The topological polar surface area (TPSA) is 54.2 Å². The Morgan fingerprint density at radius 1 is 1.42 bits per heavy atom. The normalized spacial score (nSPS) is 19.5. The van der Waals surface area contributed by atoms with Gasteiger partial charge in [-0.1, -0.05) is 0 Å². The van der Waals surface area contributed by atoms with Crippen molar-refractivity contribution in [3.63, 3.8) is 0 Å². The molecule has 0 spiro atoms. The summed E-state index contributed by atoms with van der Waals surface area (Å²) in [6.07, 6.45) is 2.39. The maximum Gasteiger partial charge on any atom is 0.157 e. The molecular formula is C14H21N5. The van der Waals surface area contributed by atoms with E-state index in [9.17, 15) is 0 Å². The van der Waals surface area contributed by atoms with E-state index in [-0.39, 0.29) is 0 Å². The van der Waals surface area contributed by atoms with Crippen LogP contribution in [0.25, 0.3) is 5.65 Å². The lowest BCUT2D eigenvalue weighted by Gasteiger charge is -2.12. The van der Waals surface area contributed by atoms with Crippen LogP contribution in [0.4, 0.5) is 5.82 Å². The fraction of sp³-hybridized carbons (Fsp3) is 0.571. The Hall–Kier alpha value is -1.62. The molecule has 3 rings (SSSR count). The molecule has 2 N–H and O–H groups in total. The lowest BCUT2D eigenvalue weighted by Crippen LogP contribution is -2.15. The SMILES string of the molecule is Cc1cc(NC(C)C)n2nc(C3CCCN3)cc2n1. The van der Waals surface area contributed by atoms with Gasteiger partial charge in [-0.3, -0.25) is 0 Å². The molecule has 0 amide bonds. The highest BCUT2D eigenvalue weighted by atomic mass is 15.3. The zero-order valence-electron chi connectivity index (χ0n) is 11.8. The number of aryl methyl sites for hydroxylation is 1. The van der Waals surface area contributed by atoms with Gasteiger partial charge in [-0.2, -0.15) is 9.61 Å². The zero-order chi connectivity index (χ0) is 13.4. The van der Waals surface area contributed by atoms with Crippen LogP contribution in [0.2, 0.25) is 0 Å². The number of hydrogen-bond donors (Lipinski definition) is 2. The molecule has 0 saturated carbocycles. The van der Waals surface area contributed by atoms with Crippen LogP contribution in [0.1, 0.15) is 44.1 Å². The van der Waals surface area contributed by atoms with Crippen LogP contribution in [-0.4, -0.2) is 27.2 Å². The third-order valence-electron chi connectivity index (χ3n) is 3.43. The summed E-state index contributed by atoms with van der Waals surface area (Å²) in [6.45, 7) is 7.36. The largest absolute Gasteiger partial charge is 0.368 e. The molecule has 0 aromatic carbocycles. The van der Waals surface area contributed by atoms with Crippen LogP contribution < -0.4 is 10.6 Å². The van der Waals surface area contributed by atoms with Gasteiger partial charge >= 0.3 is 0 Å². The molecule has 19 heavy (non-hydrogen) atoms. The van der Waals surface area contributed by atoms with Crippen molar-refractivity contribution in [2.45, 2.75) is 45.7 Å². The first-order valence-corrected chi connectivity index (χ1v) is 7.01. The number of fused-ring (bicyclic) bond motifs is 1. The van der Waals surface area contributed by atoms with Crippen LogP contribution in [0, 0.1) is 6.92 Å². The fourth-order valence-corrected chi connectivity index (χ4v) is 2.62. The van der Waals surface area contributed by atoms with E-state index in [4.69, 9.17) is 5.10 Å². The van der Waals surface area contributed by atoms with Crippen molar-refractivity contribution in [1.29, 1.82) is 0 Å². The van der Waals surface area contributed by atoms with Crippen molar-refractivity contribution in [3.8, 4) is 0 Å². The zero-order valence-corrected chi connectivity index (χ0v) is 11.8. The second-order valence-electron chi connectivity index (χ2n) is 5.57. The Kier molecular flexibility index (Phi) is 3.14. The lowest BCUT2D eigenvalue weighted by atomic mass is 10.2. The molecule has 0 radical (unpaired) electrons. The molecule has 0 aliphatic carbocycles. The van der Waals surface area contributed by atoms with Gasteiger partial charge in [0.2, 0.25) is 0 Å². The van der Waals surface area contributed by atoms with Crippen molar-refractivity contribution in [2.24, 2.45) is 0 Å². The van der Waals surface area contributed by atoms with Crippen molar-refractivity contribution >= 4 is 11.5 Å². The second-order valence-corrected chi connectivity index (χ2v) is 5.57. The van der Waals surface area contributed by atoms with Crippen LogP contribution in [-0.2, 0) is 0 Å². The minimum absolute atomic E-state index is 0.377. The molecular weight excluding hydrogens is 238 g/mol. The van der Waals surface area contributed by atoms with Gasteiger partial charge in [0.15, 0.2) is 5.65 Å². The smallest absolute Gasteiger partial charge is 0.157 e. The van der Waals surface area contributed by atoms with E-state index in [1.807, 2.05) is 17.5 Å². The Bertz CT molecular complexity index is 581. The molecule has 1 aliphatic heterocycles. The standard InChI is InChI=1S/C14H21N5/c1-9(2)16-13-7-10(3)17-14-8-12(18-19(13)14)11-5-4-6-15-11/h7-9,11,15-16H,4-6H2,1-3H3. The third-order valence-corrected chi connectivity index (χ3v) is 3.43. The number of rotatable bonds is 3. The maximum absolute atomic E-state index is 4.72. The van der Waals surface area contributed by atoms with E-state index >= 15 is 0 Å². The summed E-state index contributed by atoms with van der Waals surface area (Å²) < 4.78 is 1.92. The van der Waals surface area contributed by atoms with Crippen molar-refractivity contribution in [2.75, 3.05) is 11.9 Å². The first-order chi connectivity index (χ1) is 9.13. The van der Waals surface area contributed by atoms with Gasteiger partial charge < -0.3 is 10.6 Å². The highest BCUT2D eigenvalue weighted by Gasteiger charge is 2.20. The van der Waals surface area contributed by atoms with Gasteiger partial charge in [0.05, 0.1) is 11.7 Å². The monoisotopic (exact) mass is 259 g/mol. The van der Waals surface area contributed by atoms with Gasteiger partial charge in [-0.25, -0.2) is 4.98 Å². The van der Waals surface area contributed by atoms with E-state index in [1.54, 1.807) is 0 Å². The summed E-state index contributed by atoms with van der Waals surface area (Å²) >= 11 is 0. The predicted octanol–water partition coefficient (Wildman–Crippen LogP) is 2.28. The van der Waals surface area contributed by atoms with Gasteiger partial charge in [0, 0.05) is 23.9 Å². The molecule has 2 aromatic heterocycles. The van der Waals surface area contributed by atoms with Crippen LogP contribution in [0.15, 0.2) is 12.1 Å². The van der Waals surface area contributed by atoms with E-state index in [1.165, 1.54) is 6.42 Å². The Morgan fingerprint density at radius 3 is 2.95 bits per heavy atom. The molecule has 3 heterocycles. The number of hydrogen-bond acceptors (Lipinski definition) is 4. The van der Waals surface area contributed by atoms with Gasteiger partial charge in [0.25, 0.3) is 0 Å². The first-order valence-electron chi connectivity index (χ1n) is 7.01.